The molecule has 0 aliphatic carbocycles. The van der Waals surface area contributed by atoms with Gasteiger partial charge in [-0.2, -0.15) is 13.2 Å². The largest absolute Gasteiger partial charge is 0.417 e. The van der Waals surface area contributed by atoms with Gasteiger partial charge in [0.15, 0.2) is 0 Å². The van der Waals surface area contributed by atoms with Gasteiger partial charge in [0, 0.05) is 38.8 Å². The second kappa shape index (κ2) is 8.20. The highest BCUT2D eigenvalue weighted by atomic mass is 19.4. The fourth-order valence-corrected chi connectivity index (χ4v) is 3.53. The van der Waals surface area contributed by atoms with Gasteiger partial charge in [-0.15, -0.1) is 0 Å². The van der Waals surface area contributed by atoms with Gasteiger partial charge in [-0.05, 0) is 43.0 Å². The number of carbonyl (C=O) groups excluding carboxylic acids is 1. The maximum atomic E-state index is 12.8. The van der Waals surface area contributed by atoms with Crippen LogP contribution in [0.1, 0.15) is 29.5 Å². The van der Waals surface area contributed by atoms with Crippen molar-refractivity contribution < 1.29 is 18.0 Å². The lowest BCUT2D eigenvalue weighted by Crippen LogP contribution is -2.41. The van der Waals surface area contributed by atoms with E-state index in [0.717, 1.165) is 23.4 Å². The second-order valence-corrected chi connectivity index (χ2v) is 7.28. The molecule has 7 heteroatoms. The summed E-state index contributed by atoms with van der Waals surface area (Å²) in [5.74, 6) is 0.565. The fourth-order valence-electron chi connectivity index (χ4n) is 3.53. The van der Waals surface area contributed by atoms with Crippen molar-refractivity contribution in [3.05, 3.63) is 59.3 Å². The first-order chi connectivity index (χ1) is 13.3. The van der Waals surface area contributed by atoms with Crippen molar-refractivity contribution in [3.63, 3.8) is 0 Å². The number of anilines is 1. The lowest BCUT2D eigenvalue weighted by molar-refractivity contribution is -0.138. The minimum Gasteiger partial charge on any atom is -0.357 e. The number of alkyl halides is 3. The van der Waals surface area contributed by atoms with Crippen molar-refractivity contribution >= 4 is 11.7 Å². The fraction of sp³-hybridized carbons (Fsp3) is 0.429. The molecule has 2 heterocycles. The highest BCUT2D eigenvalue weighted by Crippen LogP contribution is 2.30. The number of halogens is 3. The van der Waals surface area contributed by atoms with E-state index in [0.29, 0.717) is 38.3 Å². The van der Waals surface area contributed by atoms with E-state index in [9.17, 15) is 18.0 Å². The summed E-state index contributed by atoms with van der Waals surface area (Å²) in [6.07, 6.45) is -2.19. The third kappa shape index (κ3) is 4.64. The molecule has 2 aromatic rings. The molecule has 1 amide bonds. The Balaban J connectivity index is 1.56. The van der Waals surface area contributed by atoms with E-state index in [-0.39, 0.29) is 11.8 Å². The first-order valence-corrected chi connectivity index (χ1v) is 9.33. The molecule has 0 unspecified atom stereocenters. The number of rotatable bonds is 4. The second-order valence-electron chi connectivity index (χ2n) is 7.28. The first kappa shape index (κ1) is 20.2. The molecule has 4 nitrogen and oxygen atoms in total. The summed E-state index contributed by atoms with van der Waals surface area (Å²) in [4.78, 5) is 20.4. The Labute approximate surface area is 163 Å². The quantitative estimate of drug-likeness (QED) is 0.780. The van der Waals surface area contributed by atoms with Crippen molar-refractivity contribution in [1.29, 1.82) is 0 Å². The summed E-state index contributed by atoms with van der Waals surface area (Å²) >= 11 is 0. The number of aryl methyl sites for hydroxylation is 1. The molecule has 1 aliphatic heterocycles. The van der Waals surface area contributed by atoms with Gasteiger partial charge in [-0.1, -0.05) is 24.3 Å². The van der Waals surface area contributed by atoms with Gasteiger partial charge in [0.25, 0.3) is 0 Å². The predicted octanol–water partition coefficient (Wildman–Crippen LogP) is 4.28. The molecule has 28 heavy (non-hydrogen) atoms. The minimum absolute atomic E-state index is 0.0697. The van der Waals surface area contributed by atoms with Gasteiger partial charge in [-0.3, -0.25) is 4.79 Å². The van der Waals surface area contributed by atoms with Crippen LogP contribution in [-0.4, -0.2) is 35.9 Å². The van der Waals surface area contributed by atoms with Gasteiger partial charge in [0.1, 0.15) is 5.82 Å². The van der Waals surface area contributed by atoms with Gasteiger partial charge >= 0.3 is 6.18 Å². The number of nitrogens with zero attached hydrogens (tertiary/aromatic N) is 3. The minimum atomic E-state index is -4.38. The number of benzene rings is 1. The molecule has 1 saturated heterocycles. The maximum Gasteiger partial charge on any atom is 0.417 e. The van der Waals surface area contributed by atoms with Crippen LogP contribution in [0.15, 0.2) is 42.6 Å². The Hall–Kier alpha value is -2.57. The van der Waals surface area contributed by atoms with Crippen LogP contribution in [0.2, 0.25) is 0 Å². The maximum absolute atomic E-state index is 12.8. The average molecular weight is 391 g/mol. The van der Waals surface area contributed by atoms with Crippen LogP contribution >= 0.6 is 0 Å². The van der Waals surface area contributed by atoms with Gasteiger partial charge in [0.05, 0.1) is 5.56 Å². The number of carbonyl (C=O) groups is 1. The predicted molar refractivity (Wildman–Crippen MR) is 102 cm³/mol. The Morgan fingerprint density at radius 1 is 1.18 bits per heavy atom. The lowest BCUT2D eigenvalue weighted by Gasteiger charge is -2.34. The van der Waals surface area contributed by atoms with E-state index < -0.39 is 11.7 Å². The van der Waals surface area contributed by atoms with Crippen molar-refractivity contribution in [3.8, 4) is 0 Å². The summed E-state index contributed by atoms with van der Waals surface area (Å²) in [6, 6.07) is 10.5. The zero-order valence-electron chi connectivity index (χ0n) is 16.0. The average Bonchev–Trinajstić information content (AvgIpc) is 2.69. The topological polar surface area (TPSA) is 36.4 Å². The van der Waals surface area contributed by atoms with E-state index in [1.165, 1.54) is 6.07 Å². The molecule has 1 aliphatic rings. The Bertz CT molecular complexity index is 812. The summed E-state index contributed by atoms with van der Waals surface area (Å²) in [6.45, 7) is 3.81. The lowest BCUT2D eigenvalue weighted by atomic mass is 9.95. The molecule has 1 aromatic heterocycles. The third-order valence-electron chi connectivity index (χ3n) is 5.29. The van der Waals surface area contributed by atoms with Crippen LogP contribution in [-0.2, 0) is 17.5 Å². The highest BCUT2D eigenvalue weighted by Gasteiger charge is 2.32. The zero-order chi connectivity index (χ0) is 20.3. The number of hydrogen-bond donors (Lipinski definition) is 0. The molecule has 0 saturated carbocycles. The number of piperidine rings is 1. The molecule has 0 N–H and O–H groups in total. The van der Waals surface area contributed by atoms with Crippen LogP contribution in [0, 0.1) is 12.8 Å². The number of hydrogen-bond acceptors (Lipinski definition) is 3. The van der Waals surface area contributed by atoms with Gasteiger partial charge in [0.2, 0.25) is 5.91 Å². The Morgan fingerprint density at radius 3 is 2.43 bits per heavy atom. The van der Waals surface area contributed by atoms with Gasteiger partial charge in [-0.25, -0.2) is 4.98 Å². The molecular weight excluding hydrogens is 367 g/mol. The SMILES string of the molecule is Cc1ccccc1CN(C)C(=O)C1CCN(c2ccc(C(F)(F)F)cn2)CC1. The number of amides is 1. The van der Waals surface area contributed by atoms with Crippen molar-refractivity contribution in [2.45, 2.75) is 32.5 Å². The molecular formula is C21H24F3N3O. The van der Waals surface area contributed by atoms with E-state index >= 15 is 0 Å². The van der Waals surface area contributed by atoms with Crippen LogP contribution in [0.4, 0.5) is 19.0 Å². The van der Waals surface area contributed by atoms with E-state index in [1.54, 1.807) is 4.90 Å². The van der Waals surface area contributed by atoms with Crippen LogP contribution in [0.3, 0.4) is 0 Å². The molecule has 1 aromatic carbocycles. The number of aromatic nitrogens is 1. The summed E-state index contributed by atoms with van der Waals surface area (Å²) < 4.78 is 38.0. The van der Waals surface area contributed by atoms with E-state index in [2.05, 4.69) is 4.98 Å². The standard InChI is InChI=1S/C21H24F3N3O/c1-15-5-3-4-6-17(15)14-26(2)20(28)16-9-11-27(12-10-16)19-8-7-18(13-25-19)21(22,23)24/h3-8,13,16H,9-12,14H2,1-2H3. The van der Waals surface area contributed by atoms with E-state index in [1.807, 2.05) is 43.1 Å². The smallest absolute Gasteiger partial charge is 0.357 e. The molecule has 1 fully saturated rings. The number of pyridine rings is 1. The third-order valence-corrected chi connectivity index (χ3v) is 5.29. The monoisotopic (exact) mass is 391 g/mol. The van der Waals surface area contributed by atoms with Crippen molar-refractivity contribution in [1.82, 2.24) is 9.88 Å². The summed E-state index contributed by atoms with van der Waals surface area (Å²) in [5, 5.41) is 0. The molecule has 0 bridgehead atoms. The van der Waals surface area contributed by atoms with E-state index in [4.69, 9.17) is 0 Å². The van der Waals surface area contributed by atoms with Crippen LogP contribution in [0.5, 0.6) is 0 Å². The first-order valence-electron chi connectivity index (χ1n) is 9.33. The van der Waals surface area contributed by atoms with Crippen LogP contribution in [0.25, 0.3) is 0 Å². The highest BCUT2D eigenvalue weighted by molar-refractivity contribution is 5.79. The molecule has 0 atom stereocenters. The molecule has 3 rings (SSSR count). The summed E-state index contributed by atoms with van der Waals surface area (Å²) in [5.41, 5.74) is 1.54. The van der Waals surface area contributed by atoms with Crippen molar-refractivity contribution in [2.24, 2.45) is 5.92 Å². The molecule has 150 valence electrons. The van der Waals surface area contributed by atoms with Gasteiger partial charge < -0.3 is 9.80 Å². The Kier molecular flexibility index (Phi) is 5.91. The normalized spacial score (nSPS) is 15.5. The molecule has 0 spiro atoms. The van der Waals surface area contributed by atoms with Crippen LogP contribution < -0.4 is 4.90 Å². The summed E-state index contributed by atoms with van der Waals surface area (Å²) in [7, 11) is 1.82. The Morgan fingerprint density at radius 2 is 1.86 bits per heavy atom. The molecule has 0 radical (unpaired) electrons. The van der Waals surface area contributed by atoms with Crippen molar-refractivity contribution in [2.75, 3.05) is 25.0 Å². The zero-order valence-corrected chi connectivity index (χ0v) is 16.0.